The fraction of sp³-hybridized carbons (Fsp3) is 0. The van der Waals surface area contributed by atoms with Gasteiger partial charge in [-0.3, -0.25) is 4.79 Å². The number of benzene rings is 3. The standard InChI is InChI=1S/C22H15N5O2/c28-22-21-20(18-8-4-5-9-19(18)24-21)25-26-27(22)23-14-15-10-12-17(13-11-15)29-16-6-2-1-3-7-16/h1-14,24H. The van der Waals surface area contributed by atoms with Gasteiger partial charge in [0.2, 0.25) is 0 Å². The van der Waals surface area contributed by atoms with Crippen molar-refractivity contribution in [3.8, 4) is 11.5 Å². The maximum Gasteiger partial charge on any atom is 0.315 e. The van der Waals surface area contributed by atoms with E-state index < -0.39 is 0 Å². The van der Waals surface area contributed by atoms with Crippen LogP contribution in [0.5, 0.6) is 11.5 Å². The molecule has 2 aromatic heterocycles. The lowest BCUT2D eigenvalue weighted by molar-refractivity contribution is 0.482. The highest BCUT2D eigenvalue weighted by Gasteiger charge is 2.11. The molecule has 0 aliphatic rings. The van der Waals surface area contributed by atoms with Crippen molar-refractivity contribution in [1.29, 1.82) is 0 Å². The van der Waals surface area contributed by atoms with Gasteiger partial charge in [0.15, 0.2) is 0 Å². The predicted molar refractivity (Wildman–Crippen MR) is 112 cm³/mol. The van der Waals surface area contributed by atoms with E-state index in [0.29, 0.717) is 16.8 Å². The van der Waals surface area contributed by atoms with E-state index in [1.807, 2.05) is 78.9 Å². The van der Waals surface area contributed by atoms with Crippen LogP contribution in [0.1, 0.15) is 5.56 Å². The summed E-state index contributed by atoms with van der Waals surface area (Å²) >= 11 is 0. The number of hydrogen-bond donors (Lipinski definition) is 1. The molecule has 0 aliphatic heterocycles. The minimum Gasteiger partial charge on any atom is -0.457 e. The van der Waals surface area contributed by atoms with Gasteiger partial charge >= 0.3 is 5.56 Å². The summed E-state index contributed by atoms with van der Waals surface area (Å²) in [7, 11) is 0. The number of ether oxygens (including phenoxy) is 1. The van der Waals surface area contributed by atoms with Crippen LogP contribution in [0.15, 0.2) is 88.8 Å². The molecule has 140 valence electrons. The maximum absolute atomic E-state index is 12.7. The summed E-state index contributed by atoms with van der Waals surface area (Å²) in [6.07, 6.45) is 1.55. The summed E-state index contributed by atoms with van der Waals surface area (Å²) in [5.41, 5.74) is 2.20. The van der Waals surface area contributed by atoms with Crippen molar-refractivity contribution in [3.05, 3.63) is 94.8 Å². The molecule has 3 aromatic carbocycles. The van der Waals surface area contributed by atoms with Crippen molar-refractivity contribution in [2.45, 2.75) is 0 Å². The second-order valence-electron chi connectivity index (χ2n) is 6.41. The fourth-order valence-electron chi connectivity index (χ4n) is 3.06. The van der Waals surface area contributed by atoms with E-state index in [9.17, 15) is 4.79 Å². The fourth-order valence-corrected chi connectivity index (χ4v) is 3.06. The van der Waals surface area contributed by atoms with Crippen molar-refractivity contribution >= 4 is 28.2 Å². The summed E-state index contributed by atoms with van der Waals surface area (Å²) in [6.45, 7) is 0. The molecule has 0 radical (unpaired) electrons. The second kappa shape index (κ2) is 7.05. The van der Waals surface area contributed by atoms with Crippen molar-refractivity contribution < 1.29 is 4.74 Å². The molecule has 0 unspecified atom stereocenters. The van der Waals surface area contributed by atoms with Gasteiger partial charge in [-0.05, 0) is 53.2 Å². The number of aromatic nitrogens is 4. The average molecular weight is 381 g/mol. The molecule has 2 heterocycles. The molecule has 0 amide bonds. The van der Waals surface area contributed by atoms with E-state index in [0.717, 1.165) is 27.0 Å². The Bertz CT molecular complexity index is 1390. The first-order valence-electron chi connectivity index (χ1n) is 9.02. The molecule has 0 bridgehead atoms. The highest BCUT2D eigenvalue weighted by molar-refractivity contribution is 6.04. The van der Waals surface area contributed by atoms with Gasteiger partial charge in [0.25, 0.3) is 0 Å². The Balaban J connectivity index is 1.41. The zero-order valence-corrected chi connectivity index (χ0v) is 15.2. The van der Waals surface area contributed by atoms with Gasteiger partial charge in [0.05, 0.1) is 6.21 Å². The van der Waals surface area contributed by atoms with Gasteiger partial charge in [-0.15, -0.1) is 5.10 Å². The van der Waals surface area contributed by atoms with Gasteiger partial charge < -0.3 is 9.72 Å². The van der Waals surface area contributed by atoms with Crippen LogP contribution in [0.3, 0.4) is 0 Å². The number of nitrogens with one attached hydrogen (secondary N) is 1. The SMILES string of the molecule is O=c1c2[nH]c3ccccc3c2nnn1N=Cc1ccc(Oc2ccccc2)cc1. The summed E-state index contributed by atoms with van der Waals surface area (Å²) in [5.74, 6) is 1.48. The maximum atomic E-state index is 12.7. The lowest BCUT2D eigenvalue weighted by atomic mass is 10.2. The van der Waals surface area contributed by atoms with Crippen molar-refractivity contribution in [1.82, 2.24) is 20.1 Å². The quantitative estimate of drug-likeness (QED) is 0.478. The summed E-state index contributed by atoms with van der Waals surface area (Å²) < 4.78 is 5.77. The third kappa shape index (κ3) is 3.25. The summed E-state index contributed by atoms with van der Waals surface area (Å²) in [6, 6.07) is 24.5. The van der Waals surface area contributed by atoms with Gasteiger partial charge in [-0.2, -0.15) is 5.10 Å². The number of nitrogens with zero attached hydrogens (tertiary/aromatic N) is 4. The molecule has 0 saturated carbocycles. The van der Waals surface area contributed by atoms with E-state index >= 15 is 0 Å². The first-order chi connectivity index (χ1) is 14.3. The lowest BCUT2D eigenvalue weighted by Crippen LogP contribution is -2.20. The Morgan fingerprint density at radius 3 is 2.45 bits per heavy atom. The number of rotatable bonds is 4. The molecule has 7 nitrogen and oxygen atoms in total. The first kappa shape index (κ1) is 16.9. The number of fused-ring (bicyclic) bond motifs is 3. The number of H-pyrrole nitrogens is 1. The molecule has 7 heteroatoms. The predicted octanol–water partition coefficient (Wildman–Crippen LogP) is 3.95. The third-order valence-corrected chi connectivity index (χ3v) is 4.48. The van der Waals surface area contributed by atoms with Gasteiger partial charge in [-0.25, -0.2) is 0 Å². The van der Waals surface area contributed by atoms with Crippen LogP contribution < -0.4 is 10.3 Å². The van der Waals surface area contributed by atoms with Crippen LogP contribution in [0.2, 0.25) is 0 Å². The topological polar surface area (TPSA) is 85.2 Å². The minimum atomic E-state index is -0.355. The normalized spacial score (nSPS) is 11.4. The first-order valence-corrected chi connectivity index (χ1v) is 9.02. The number of para-hydroxylation sites is 2. The van der Waals surface area contributed by atoms with Crippen LogP contribution in [0, 0.1) is 0 Å². The van der Waals surface area contributed by atoms with Crippen molar-refractivity contribution in [2.75, 3.05) is 0 Å². The molecule has 5 aromatic rings. The van der Waals surface area contributed by atoms with Gasteiger partial charge in [0.1, 0.15) is 22.5 Å². The van der Waals surface area contributed by atoms with Gasteiger partial charge in [0, 0.05) is 10.9 Å². The Morgan fingerprint density at radius 1 is 0.897 bits per heavy atom. The number of hydrogen-bond acceptors (Lipinski definition) is 5. The van der Waals surface area contributed by atoms with Crippen LogP contribution in [-0.2, 0) is 0 Å². The molecule has 5 rings (SSSR count). The average Bonchev–Trinajstić information content (AvgIpc) is 3.15. The highest BCUT2D eigenvalue weighted by Crippen LogP contribution is 2.21. The van der Waals surface area contributed by atoms with Gasteiger partial charge in [-0.1, -0.05) is 41.2 Å². The van der Waals surface area contributed by atoms with Crippen molar-refractivity contribution in [2.24, 2.45) is 5.10 Å². The van der Waals surface area contributed by atoms with E-state index in [1.165, 1.54) is 0 Å². The molecule has 0 atom stereocenters. The van der Waals surface area contributed by atoms with Crippen molar-refractivity contribution in [3.63, 3.8) is 0 Å². The number of aromatic amines is 1. The Morgan fingerprint density at radius 2 is 1.62 bits per heavy atom. The smallest absolute Gasteiger partial charge is 0.315 e. The largest absolute Gasteiger partial charge is 0.457 e. The summed E-state index contributed by atoms with van der Waals surface area (Å²) in [4.78, 5) is 16.7. The van der Waals surface area contributed by atoms with Crippen LogP contribution in [-0.4, -0.2) is 26.3 Å². The molecular formula is C22H15N5O2. The molecule has 0 saturated heterocycles. The van der Waals surface area contributed by atoms with E-state index in [2.05, 4.69) is 20.4 Å². The van der Waals surface area contributed by atoms with E-state index in [-0.39, 0.29) is 5.56 Å². The lowest BCUT2D eigenvalue weighted by Gasteiger charge is -2.05. The molecule has 0 aliphatic carbocycles. The van der Waals surface area contributed by atoms with E-state index in [1.54, 1.807) is 6.21 Å². The molecule has 0 spiro atoms. The second-order valence-corrected chi connectivity index (χ2v) is 6.41. The van der Waals surface area contributed by atoms with E-state index in [4.69, 9.17) is 4.74 Å². The summed E-state index contributed by atoms with van der Waals surface area (Å²) in [5, 5.41) is 13.1. The van der Waals surface area contributed by atoms with Crippen LogP contribution in [0.4, 0.5) is 0 Å². The Labute approximate surface area is 164 Å². The highest BCUT2D eigenvalue weighted by atomic mass is 16.5. The minimum absolute atomic E-state index is 0.355. The molecule has 0 fully saturated rings. The molecular weight excluding hydrogens is 366 g/mol. The third-order valence-electron chi connectivity index (χ3n) is 4.48. The van der Waals surface area contributed by atoms with Crippen LogP contribution >= 0.6 is 0 Å². The molecule has 1 N–H and O–H groups in total. The van der Waals surface area contributed by atoms with Crippen LogP contribution in [0.25, 0.3) is 21.9 Å². The monoisotopic (exact) mass is 381 g/mol. The Kier molecular flexibility index (Phi) is 4.10. The molecule has 29 heavy (non-hydrogen) atoms. The zero-order valence-electron chi connectivity index (χ0n) is 15.2. The zero-order chi connectivity index (χ0) is 19.6. The Hall–Kier alpha value is -4.26.